The highest BCUT2D eigenvalue weighted by atomic mass is 19.1. The third kappa shape index (κ3) is 5.81. The Morgan fingerprint density at radius 1 is 0.938 bits per heavy atom. The smallest absolute Gasteiger partial charge is 0.344 e. The van der Waals surface area contributed by atoms with E-state index in [0.717, 1.165) is 23.3 Å². The van der Waals surface area contributed by atoms with E-state index in [0.29, 0.717) is 17.7 Å². The van der Waals surface area contributed by atoms with Crippen molar-refractivity contribution in [3.8, 4) is 22.6 Å². The molecule has 3 aromatic carbocycles. The fourth-order valence-electron chi connectivity index (χ4n) is 3.28. The zero-order valence-corrected chi connectivity index (χ0v) is 17.8. The van der Waals surface area contributed by atoms with Gasteiger partial charge < -0.3 is 14.2 Å². The molecule has 0 heterocycles. The van der Waals surface area contributed by atoms with Crippen molar-refractivity contribution in [3.63, 3.8) is 0 Å². The van der Waals surface area contributed by atoms with E-state index in [2.05, 4.69) is 0 Å². The van der Waals surface area contributed by atoms with Gasteiger partial charge in [0.05, 0.1) is 13.7 Å². The molecule has 3 rings (SSSR count). The largest absolute Gasteiger partial charge is 0.497 e. The molecule has 0 saturated carbocycles. The molecule has 4 nitrogen and oxygen atoms in total. The summed E-state index contributed by atoms with van der Waals surface area (Å²) in [5.41, 5.74) is 2.00. The molecule has 0 aromatic heterocycles. The Labute approximate surface area is 184 Å². The maximum atomic E-state index is 14.8. The average molecular weight is 444 g/mol. The van der Waals surface area contributed by atoms with Gasteiger partial charge in [-0.25, -0.2) is 18.0 Å². The maximum absolute atomic E-state index is 14.8. The van der Waals surface area contributed by atoms with Crippen LogP contribution in [-0.2, 0) is 22.4 Å². The van der Waals surface area contributed by atoms with Crippen LogP contribution in [0.3, 0.4) is 0 Å². The Balaban J connectivity index is 1.81. The van der Waals surface area contributed by atoms with Gasteiger partial charge in [-0.15, -0.1) is 0 Å². The van der Waals surface area contributed by atoms with Crippen molar-refractivity contribution in [1.82, 2.24) is 0 Å². The third-order valence-electron chi connectivity index (χ3n) is 4.83. The molecule has 0 fully saturated rings. The van der Waals surface area contributed by atoms with E-state index in [1.54, 1.807) is 31.2 Å². The zero-order valence-electron chi connectivity index (χ0n) is 17.8. The van der Waals surface area contributed by atoms with E-state index in [1.165, 1.54) is 19.2 Å². The average Bonchev–Trinajstić information content (AvgIpc) is 2.78. The summed E-state index contributed by atoms with van der Waals surface area (Å²) in [6.07, 6.45) is 0.346. The summed E-state index contributed by atoms with van der Waals surface area (Å²) >= 11 is 0. The van der Waals surface area contributed by atoms with Crippen LogP contribution in [0.4, 0.5) is 13.2 Å². The first-order chi connectivity index (χ1) is 15.4. The van der Waals surface area contributed by atoms with Crippen molar-refractivity contribution in [3.05, 3.63) is 83.2 Å². The first kappa shape index (κ1) is 23.2. The SMILES string of the molecule is CCOC(=O)COc1ccc(F)c(CCc2cc(OC)cc(-c3cccc(F)c3)c2)c1F. The summed E-state index contributed by atoms with van der Waals surface area (Å²) in [7, 11) is 1.51. The molecular formula is C25H23F3O4. The standard InChI is InChI=1S/C25H23F3O4/c1-3-31-24(29)15-32-23-10-9-22(27)21(25(23)28)8-7-16-11-18(14-20(12-16)30-2)17-5-4-6-19(26)13-17/h4-6,9-14H,3,7-8,15H2,1-2H3. The molecule has 0 aliphatic heterocycles. The number of rotatable bonds is 9. The van der Waals surface area contributed by atoms with E-state index in [-0.39, 0.29) is 30.2 Å². The predicted octanol–water partition coefficient (Wildman–Crippen LogP) is 5.51. The monoisotopic (exact) mass is 444 g/mol. The van der Waals surface area contributed by atoms with Gasteiger partial charge in [-0.1, -0.05) is 18.2 Å². The molecule has 0 atom stereocenters. The molecule has 0 bridgehead atoms. The second-order valence-corrected chi connectivity index (χ2v) is 7.01. The lowest BCUT2D eigenvalue weighted by Crippen LogP contribution is -2.15. The van der Waals surface area contributed by atoms with Crippen molar-refractivity contribution in [2.24, 2.45) is 0 Å². The van der Waals surface area contributed by atoms with Crippen LogP contribution in [0.25, 0.3) is 11.1 Å². The molecule has 0 aliphatic carbocycles. The second-order valence-electron chi connectivity index (χ2n) is 7.01. The molecular weight excluding hydrogens is 421 g/mol. The van der Waals surface area contributed by atoms with Gasteiger partial charge >= 0.3 is 5.97 Å². The van der Waals surface area contributed by atoms with Crippen molar-refractivity contribution in [2.75, 3.05) is 20.3 Å². The molecule has 0 N–H and O–H groups in total. The number of benzene rings is 3. The van der Waals surface area contributed by atoms with E-state index < -0.39 is 24.2 Å². The first-order valence-electron chi connectivity index (χ1n) is 10.1. The summed E-state index contributed by atoms with van der Waals surface area (Å²) in [4.78, 5) is 11.4. The predicted molar refractivity (Wildman–Crippen MR) is 114 cm³/mol. The van der Waals surface area contributed by atoms with Crippen molar-refractivity contribution >= 4 is 5.97 Å². The molecule has 0 unspecified atom stereocenters. The van der Waals surface area contributed by atoms with Gasteiger partial charge in [-0.2, -0.15) is 0 Å². The zero-order chi connectivity index (χ0) is 23.1. The van der Waals surface area contributed by atoms with Crippen LogP contribution in [0.5, 0.6) is 11.5 Å². The highest BCUT2D eigenvalue weighted by Crippen LogP contribution is 2.29. The second kappa shape index (κ2) is 10.7. The highest BCUT2D eigenvalue weighted by Gasteiger charge is 2.16. The number of halogens is 3. The topological polar surface area (TPSA) is 44.8 Å². The van der Waals surface area contributed by atoms with Crippen LogP contribution < -0.4 is 9.47 Å². The summed E-state index contributed by atoms with van der Waals surface area (Å²) in [5, 5.41) is 0. The normalized spacial score (nSPS) is 10.7. The minimum atomic E-state index is -0.859. The third-order valence-corrected chi connectivity index (χ3v) is 4.83. The molecule has 3 aromatic rings. The number of hydrogen-bond acceptors (Lipinski definition) is 4. The number of hydrogen-bond donors (Lipinski definition) is 0. The molecule has 32 heavy (non-hydrogen) atoms. The van der Waals surface area contributed by atoms with Gasteiger partial charge in [-0.3, -0.25) is 0 Å². The quantitative estimate of drug-likeness (QED) is 0.409. The van der Waals surface area contributed by atoms with Gasteiger partial charge in [0.15, 0.2) is 18.2 Å². The minimum absolute atomic E-state index is 0.0457. The molecule has 168 valence electrons. The van der Waals surface area contributed by atoms with Gasteiger partial charge in [-0.05, 0) is 72.9 Å². The van der Waals surface area contributed by atoms with Gasteiger partial charge in [0.25, 0.3) is 0 Å². The number of methoxy groups -OCH3 is 1. The van der Waals surface area contributed by atoms with Crippen LogP contribution in [0.2, 0.25) is 0 Å². The Morgan fingerprint density at radius 2 is 1.75 bits per heavy atom. The lowest BCUT2D eigenvalue weighted by atomic mass is 9.98. The highest BCUT2D eigenvalue weighted by molar-refractivity contribution is 5.71. The van der Waals surface area contributed by atoms with Gasteiger partial charge in [0, 0.05) is 5.56 Å². The lowest BCUT2D eigenvalue weighted by Gasteiger charge is -2.12. The van der Waals surface area contributed by atoms with E-state index >= 15 is 0 Å². The van der Waals surface area contributed by atoms with Gasteiger partial charge in [0.1, 0.15) is 17.4 Å². The first-order valence-corrected chi connectivity index (χ1v) is 10.1. The van der Waals surface area contributed by atoms with Gasteiger partial charge in [0.2, 0.25) is 0 Å². The Morgan fingerprint density at radius 3 is 2.47 bits per heavy atom. The lowest BCUT2D eigenvalue weighted by molar-refractivity contribution is -0.145. The van der Waals surface area contributed by atoms with Crippen molar-refractivity contribution in [2.45, 2.75) is 19.8 Å². The number of carbonyl (C=O) groups excluding carboxylic acids is 1. The summed E-state index contributed by atoms with van der Waals surface area (Å²) in [6, 6.07) is 13.7. The molecule has 0 aliphatic rings. The fraction of sp³-hybridized carbons (Fsp3) is 0.240. The molecule has 7 heteroatoms. The van der Waals surface area contributed by atoms with Crippen LogP contribution in [0.15, 0.2) is 54.6 Å². The van der Waals surface area contributed by atoms with E-state index in [4.69, 9.17) is 14.2 Å². The number of carbonyl (C=O) groups is 1. The Hall–Kier alpha value is -3.48. The van der Waals surface area contributed by atoms with Crippen LogP contribution in [0.1, 0.15) is 18.1 Å². The molecule has 0 saturated heterocycles. The Kier molecular flexibility index (Phi) is 7.76. The van der Waals surface area contributed by atoms with Crippen LogP contribution in [0, 0.1) is 17.5 Å². The Bertz CT molecular complexity index is 1100. The van der Waals surface area contributed by atoms with Crippen LogP contribution in [-0.4, -0.2) is 26.3 Å². The summed E-state index contributed by atoms with van der Waals surface area (Å²) in [6.45, 7) is 1.35. The fourth-order valence-corrected chi connectivity index (χ4v) is 3.28. The maximum Gasteiger partial charge on any atom is 0.344 e. The number of esters is 1. The molecule has 0 spiro atoms. The van der Waals surface area contributed by atoms with Crippen molar-refractivity contribution in [1.29, 1.82) is 0 Å². The molecule has 0 amide bonds. The summed E-state index contributed by atoms with van der Waals surface area (Å²) in [5.74, 6) is -2.24. The number of aryl methyl sites for hydroxylation is 1. The minimum Gasteiger partial charge on any atom is -0.497 e. The van der Waals surface area contributed by atoms with Crippen LogP contribution >= 0.6 is 0 Å². The van der Waals surface area contributed by atoms with E-state index in [1.807, 2.05) is 6.07 Å². The van der Waals surface area contributed by atoms with Crippen molar-refractivity contribution < 1.29 is 32.2 Å². The summed E-state index contributed by atoms with van der Waals surface area (Å²) < 4.78 is 58.0. The number of ether oxygens (including phenoxy) is 3. The van der Waals surface area contributed by atoms with E-state index in [9.17, 15) is 18.0 Å². The molecule has 0 radical (unpaired) electrons.